The zero-order chi connectivity index (χ0) is 16.1. The third-order valence-corrected chi connectivity index (χ3v) is 3.56. The maximum absolute atomic E-state index is 12.1. The molecule has 0 aliphatic heterocycles. The van der Waals surface area contributed by atoms with E-state index in [4.69, 9.17) is 16.3 Å². The van der Waals surface area contributed by atoms with Crippen LogP contribution in [-0.4, -0.2) is 29.3 Å². The third-order valence-electron chi connectivity index (χ3n) is 3.32. The highest BCUT2D eigenvalue weighted by Gasteiger charge is 2.15. The fourth-order valence-electron chi connectivity index (χ4n) is 2.07. The van der Waals surface area contributed by atoms with E-state index in [9.17, 15) is 4.79 Å². The van der Waals surface area contributed by atoms with E-state index in [-0.39, 0.29) is 18.1 Å². The molecule has 1 aromatic heterocycles. The minimum absolute atomic E-state index is 0.219. The second kappa shape index (κ2) is 7.42. The predicted molar refractivity (Wildman–Crippen MR) is 86.1 cm³/mol. The monoisotopic (exact) mass is 321 g/mol. The van der Waals surface area contributed by atoms with Gasteiger partial charge in [0, 0.05) is 30.9 Å². The van der Waals surface area contributed by atoms with Crippen LogP contribution in [0, 0.1) is 0 Å². The normalized spacial score (nSPS) is 12.4. The molecule has 1 heterocycles. The highest BCUT2D eigenvalue weighted by molar-refractivity contribution is 6.30. The largest absolute Gasteiger partial charge is 0.375 e. The Morgan fingerprint density at radius 1 is 1.41 bits per heavy atom. The van der Waals surface area contributed by atoms with Crippen molar-refractivity contribution in [2.75, 3.05) is 13.7 Å². The van der Waals surface area contributed by atoms with Crippen LogP contribution in [0.2, 0.25) is 5.02 Å². The molecule has 1 aromatic carbocycles. The molecule has 0 aliphatic carbocycles. The standard InChI is InChI=1S/C16H20ClN3O2/c1-11(2)20-8-7-14(19-20)16(21)18-10-15(22-3)12-5-4-6-13(17)9-12/h4-9,11,15H,10H2,1-3H3,(H,18,21)/t15-/m0/s1. The summed E-state index contributed by atoms with van der Waals surface area (Å²) in [7, 11) is 1.60. The summed E-state index contributed by atoms with van der Waals surface area (Å²) in [4.78, 5) is 12.1. The number of hydrogen-bond acceptors (Lipinski definition) is 3. The highest BCUT2D eigenvalue weighted by Crippen LogP contribution is 2.19. The van der Waals surface area contributed by atoms with Crippen molar-refractivity contribution < 1.29 is 9.53 Å². The number of hydrogen-bond donors (Lipinski definition) is 1. The second-order valence-electron chi connectivity index (χ2n) is 5.26. The van der Waals surface area contributed by atoms with Gasteiger partial charge in [0.1, 0.15) is 5.69 Å². The van der Waals surface area contributed by atoms with Gasteiger partial charge >= 0.3 is 0 Å². The second-order valence-corrected chi connectivity index (χ2v) is 5.70. The summed E-state index contributed by atoms with van der Waals surface area (Å²) in [6.07, 6.45) is 1.54. The zero-order valence-corrected chi connectivity index (χ0v) is 13.7. The van der Waals surface area contributed by atoms with Gasteiger partial charge in [-0.2, -0.15) is 5.10 Å². The molecule has 1 amide bonds. The van der Waals surface area contributed by atoms with Gasteiger partial charge in [0.25, 0.3) is 5.91 Å². The van der Waals surface area contributed by atoms with Crippen LogP contribution in [0.25, 0.3) is 0 Å². The molecule has 2 aromatic rings. The summed E-state index contributed by atoms with van der Waals surface area (Å²) in [5.41, 5.74) is 1.32. The van der Waals surface area contributed by atoms with Gasteiger partial charge in [0.15, 0.2) is 0 Å². The van der Waals surface area contributed by atoms with E-state index in [0.29, 0.717) is 17.3 Å². The number of carbonyl (C=O) groups excluding carboxylic acids is 1. The lowest BCUT2D eigenvalue weighted by Gasteiger charge is -2.16. The van der Waals surface area contributed by atoms with Crippen molar-refractivity contribution >= 4 is 17.5 Å². The molecule has 0 bridgehead atoms. The number of halogens is 1. The molecule has 5 nitrogen and oxygen atoms in total. The highest BCUT2D eigenvalue weighted by atomic mass is 35.5. The maximum Gasteiger partial charge on any atom is 0.271 e. The van der Waals surface area contributed by atoms with E-state index >= 15 is 0 Å². The molecule has 22 heavy (non-hydrogen) atoms. The lowest BCUT2D eigenvalue weighted by atomic mass is 10.1. The molecule has 0 saturated carbocycles. The summed E-state index contributed by atoms with van der Waals surface area (Å²) >= 11 is 5.98. The lowest BCUT2D eigenvalue weighted by Crippen LogP contribution is -2.29. The van der Waals surface area contributed by atoms with Crippen LogP contribution >= 0.6 is 11.6 Å². The summed E-state index contributed by atoms with van der Waals surface area (Å²) in [6, 6.07) is 9.33. The van der Waals surface area contributed by atoms with Gasteiger partial charge < -0.3 is 10.1 Å². The van der Waals surface area contributed by atoms with E-state index in [1.165, 1.54) is 0 Å². The zero-order valence-electron chi connectivity index (χ0n) is 12.9. The van der Waals surface area contributed by atoms with Gasteiger partial charge in [-0.25, -0.2) is 0 Å². The van der Waals surface area contributed by atoms with Crippen molar-refractivity contribution in [1.29, 1.82) is 0 Å². The van der Waals surface area contributed by atoms with Crippen LogP contribution in [-0.2, 0) is 4.74 Å². The van der Waals surface area contributed by atoms with E-state index < -0.39 is 0 Å². The molecular weight excluding hydrogens is 302 g/mol. The van der Waals surface area contributed by atoms with Crippen molar-refractivity contribution in [2.45, 2.75) is 26.0 Å². The number of methoxy groups -OCH3 is 1. The summed E-state index contributed by atoms with van der Waals surface area (Å²) in [6.45, 7) is 4.37. The number of amides is 1. The van der Waals surface area contributed by atoms with Crippen molar-refractivity contribution in [2.24, 2.45) is 0 Å². The van der Waals surface area contributed by atoms with Crippen LogP contribution < -0.4 is 5.32 Å². The van der Waals surface area contributed by atoms with Gasteiger partial charge in [-0.05, 0) is 37.6 Å². The van der Waals surface area contributed by atoms with Crippen molar-refractivity contribution in [3.63, 3.8) is 0 Å². The average Bonchev–Trinajstić information content (AvgIpc) is 2.98. The molecule has 118 valence electrons. The van der Waals surface area contributed by atoms with Crippen LogP contribution in [0.15, 0.2) is 36.5 Å². The Bertz CT molecular complexity index is 640. The topological polar surface area (TPSA) is 56.1 Å². The number of aromatic nitrogens is 2. The van der Waals surface area contributed by atoms with Crippen LogP contribution in [0.1, 0.15) is 42.0 Å². The van der Waals surface area contributed by atoms with Gasteiger partial charge in [-0.3, -0.25) is 9.48 Å². The van der Waals surface area contributed by atoms with Crippen LogP contribution in [0.5, 0.6) is 0 Å². The Kier molecular flexibility index (Phi) is 5.57. The Morgan fingerprint density at radius 2 is 2.18 bits per heavy atom. The van der Waals surface area contributed by atoms with Crippen LogP contribution in [0.4, 0.5) is 0 Å². The van der Waals surface area contributed by atoms with Crippen LogP contribution in [0.3, 0.4) is 0 Å². The fraction of sp³-hybridized carbons (Fsp3) is 0.375. The van der Waals surface area contributed by atoms with Crippen molar-refractivity contribution in [3.05, 3.63) is 52.8 Å². The Morgan fingerprint density at radius 3 is 2.77 bits per heavy atom. The first-order valence-corrected chi connectivity index (χ1v) is 7.50. The van der Waals surface area contributed by atoms with E-state index in [2.05, 4.69) is 10.4 Å². The summed E-state index contributed by atoms with van der Waals surface area (Å²) in [5.74, 6) is -0.219. The molecule has 1 N–H and O–H groups in total. The molecule has 0 radical (unpaired) electrons. The first kappa shape index (κ1) is 16.5. The Balaban J connectivity index is 1.99. The summed E-state index contributed by atoms with van der Waals surface area (Å²) in [5, 5.41) is 7.72. The molecule has 0 unspecified atom stereocenters. The number of ether oxygens (including phenoxy) is 1. The smallest absolute Gasteiger partial charge is 0.271 e. The number of rotatable bonds is 6. The first-order chi connectivity index (χ1) is 10.5. The molecule has 6 heteroatoms. The minimum Gasteiger partial charge on any atom is -0.375 e. The van der Waals surface area contributed by atoms with E-state index in [1.54, 1.807) is 30.1 Å². The maximum atomic E-state index is 12.1. The quantitative estimate of drug-likeness (QED) is 0.888. The van der Waals surface area contributed by atoms with Gasteiger partial charge in [0.05, 0.1) is 6.10 Å². The predicted octanol–water partition coefficient (Wildman–Crippen LogP) is 3.23. The van der Waals surface area contributed by atoms with Crippen molar-refractivity contribution in [1.82, 2.24) is 15.1 Å². The molecule has 2 rings (SSSR count). The van der Waals surface area contributed by atoms with Crippen molar-refractivity contribution in [3.8, 4) is 0 Å². The SMILES string of the molecule is CO[C@@H](CNC(=O)c1ccn(C(C)C)n1)c1cccc(Cl)c1. The molecule has 1 atom stereocenters. The number of carbonyl (C=O) groups is 1. The minimum atomic E-state index is -0.255. The number of benzene rings is 1. The Hall–Kier alpha value is -1.85. The molecule has 0 spiro atoms. The molecule has 0 fully saturated rings. The molecule has 0 saturated heterocycles. The molecular formula is C16H20ClN3O2. The lowest BCUT2D eigenvalue weighted by molar-refractivity contribution is 0.0823. The number of nitrogens with one attached hydrogen (secondary N) is 1. The van der Waals surface area contributed by atoms with E-state index in [1.807, 2.05) is 32.0 Å². The third kappa shape index (κ3) is 4.08. The molecule has 0 aliphatic rings. The van der Waals surface area contributed by atoms with Gasteiger partial charge in [-0.1, -0.05) is 23.7 Å². The van der Waals surface area contributed by atoms with Gasteiger partial charge in [-0.15, -0.1) is 0 Å². The average molecular weight is 322 g/mol. The summed E-state index contributed by atoms with van der Waals surface area (Å²) < 4.78 is 7.17. The first-order valence-electron chi connectivity index (χ1n) is 7.13. The fourth-order valence-corrected chi connectivity index (χ4v) is 2.27. The van der Waals surface area contributed by atoms with Gasteiger partial charge in [0.2, 0.25) is 0 Å². The number of nitrogens with zero attached hydrogens (tertiary/aromatic N) is 2. The Labute approximate surface area is 135 Å². The van der Waals surface area contributed by atoms with E-state index in [0.717, 1.165) is 5.56 Å².